The van der Waals surface area contributed by atoms with Crippen LogP contribution in [-0.4, -0.2) is 62.2 Å². The standard InChI is InChI=1S/C16H21N3O7S/c1-3-26-16(21)17-12-5-4-6-18(10-12)15(20)11-7-13(19(22)23)9-14(8-11)27(2,24)25/h7-9,12H,3-6,10H2,1-2H3,(H,17,21). The van der Waals surface area contributed by atoms with Crippen LogP contribution in [0.15, 0.2) is 23.1 Å². The molecule has 0 aromatic heterocycles. The van der Waals surface area contributed by atoms with Crippen molar-refractivity contribution in [1.82, 2.24) is 10.2 Å². The van der Waals surface area contributed by atoms with E-state index in [0.717, 1.165) is 24.5 Å². The maximum absolute atomic E-state index is 12.8. The van der Waals surface area contributed by atoms with Crippen LogP contribution in [0.4, 0.5) is 10.5 Å². The zero-order valence-corrected chi connectivity index (χ0v) is 15.8. The second-order valence-corrected chi connectivity index (χ2v) is 8.22. The van der Waals surface area contributed by atoms with E-state index in [9.17, 15) is 28.1 Å². The minimum absolute atomic E-state index is 0.0820. The Balaban J connectivity index is 2.24. The average molecular weight is 399 g/mol. The van der Waals surface area contributed by atoms with E-state index in [4.69, 9.17) is 4.74 Å². The highest BCUT2D eigenvalue weighted by atomic mass is 32.2. The van der Waals surface area contributed by atoms with Crippen LogP contribution >= 0.6 is 0 Å². The van der Waals surface area contributed by atoms with Crippen LogP contribution in [0.2, 0.25) is 0 Å². The molecule has 2 amide bonds. The van der Waals surface area contributed by atoms with Crippen LogP contribution < -0.4 is 5.32 Å². The maximum atomic E-state index is 12.8. The highest BCUT2D eigenvalue weighted by Crippen LogP contribution is 2.23. The number of hydrogen-bond acceptors (Lipinski definition) is 7. The number of carbonyl (C=O) groups excluding carboxylic acids is 2. The summed E-state index contributed by atoms with van der Waals surface area (Å²) in [6, 6.07) is 2.80. The van der Waals surface area contributed by atoms with Gasteiger partial charge in [0.15, 0.2) is 9.84 Å². The number of amides is 2. The first-order valence-corrected chi connectivity index (χ1v) is 10.2. The normalized spacial score (nSPS) is 17.3. The molecular weight excluding hydrogens is 378 g/mol. The first-order valence-electron chi connectivity index (χ1n) is 8.34. The van der Waals surface area contributed by atoms with E-state index < -0.39 is 32.4 Å². The average Bonchev–Trinajstić information content (AvgIpc) is 2.60. The number of piperidine rings is 1. The fraction of sp³-hybridized carbons (Fsp3) is 0.500. The van der Waals surface area contributed by atoms with Crippen molar-refractivity contribution in [2.24, 2.45) is 0 Å². The molecule has 1 atom stereocenters. The molecule has 0 radical (unpaired) electrons. The number of nitrogens with one attached hydrogen (secondary N) is 1. The van der Waals surface area contributed by atoms with Crippen LogP contribution in [0.1, 0.15) is 30.1 Å². The van der Waals surface area contributed by atoms with Crippen molar-refractivity contribution in [2.75, 3.05) is 26.0 Å². The number of non-ortho nitro benzene ring substituents is 1. The van der Waals surface area contributed by atoms with E-state index in [1.807, 2.05) is 0 Å². The highest BCUT2D eigenvalue weighted by molar-refractivity contribution is 7.90. The van der Waals surface area contributed by atoms with Gasteiger partial charge < -0.3 is 15.0 Å². The molecule has 1 saturated heterocycles. The number of nitrogens with zero attached hydrogens (tertiary/aromatic N) is 2. The smallest absolute Gasteiger partial charge is 0.407 e. The molecule has 148 valence electrons. The molecule has 1 N–H and O–H groups in total. The van der Waals surface area contributed by atoms with Gasteiger partial charge >= 0.3 is 6.09 Å². The second kappa shape index (κ2) is 8.33. The van der Waals surface area contributed by atoms with Crippen molar-refractivity contribution in [3.05, 3.63) is 33.9 Å². The topological polar surface area (TPSA) is 136 Å². The minimum atomic E-state index is -3.73. The van der Waals surface area contributed by atoms with Gasteiger partial charge in [0.1, 0.15) is 0 Å². The van der Waals surface area contributed by atoms with Crippen LogP contribution in [0.5, 0.6) is 0 Å². The molecule has 2 rings (SSSR count). The third kappa shape index (κ3) is 5.39. The SMILES string of the molecule is CCOC(=O)NC1CCCN(C(=O)c2cc([N+](=O)[O-])cc(S(C)(=O)=O)c2)C1. The summed E-state index contributed by atoms with van der Waals surface area (Å²) in [7, 11) is -3.73. The van der Waals surface area contributed by atoms with E-state index in [2.05, 4.69) is 5.32 Å². The Kier molecular flexibility index (Phi) is 6.37. The molecule has 0 spiro atoms. The molecule has 1 aromatic carbocycles. The van der Waals surface area contributed by atoms with Gasteiger partial charge in [-0.1, -0.05) is 0 Å². The van der Waals surface area contributed by atoms with Crippen molar-refractivity contribution in [3.63, 3.8) is 0 Å². The largest absolute Gasteiger partial charge is 0.450 e. The molecule has 1 aliphatic rings. The molecule has 1 aliphatic heterocycles. The van der Waals surface area contributed by atoms with Gasteiger partial charge in [-0.3, -0.25) is 14.9 Å². The molecule has 0 aliphatic carbocycles. The summed E-state index contributed by atoms with van der Waals surface area (Å²) in [5.41, 5.74) is -0.555. The van der Waals surface area contributed by atoms with Crippen LogP contribution in [0.25, 0.3) is 0 Å². The second-order valence-electron chi connectivity index (χ2n) is 6.20. The van der Waals surface area contributed by atoms with Crippen molar-refractivity contribution < 1.29 is 27.7 Å². The van der Waals surface area contributed by atoms with Crippen LogP contribution in [0.3, 0.4) is 0 Å². The lowest BCUT2D eigenvalue weighted by atomic mass is 10.0. The molecular formula is C16H21N3O7S. The number of benzene rings is 1. The molecule has 0 bridgehead atoms. The zero-order chi connectivity index (χ0) is 20.2. The Morgan fingerprint density at radius 2 is 2.07 bits per heavy atom. The molecule has 10 nitrogen and oxygen atoms in total. The third-order valence-electron chi connectivity index (χ3n) is 4.08. The molecule has 1 aromatic rings. The summed E-state index contributed by atoms with van der Waals surface area (Å²) >= 11 is 0. The lowest BCUT2D eigenvalue weighted by Gasteiger charge is -2.33. The number of rotatable bonds is 5. The fourth-order valence-electron chi connectivity index (χ4n) is 2.83. The minimum Gasteiger partial charge on any atom is -0.450 e. The van der Waals surface area contributed by atoms with Gasteiger partial charge in [-0.25, -0.2) is 13.2 Å². The predicted octanol–water partition coefficient (Wildman–Crippen LogP) is 1.35. The van der Waals surface area contributed by atoms with E-state index in [1.165, 1.54) is 4.90 Å². The molecule has 27 heavy (non-hydrogen) atoms. The van der Waals surface area contributed by atoms with E-state index >= 15 is 0 Å². The summed E-state index contributed by atoms with van der Waals surface area (Å²) in [5, 5.41) is 13.8. The van der Waals surface area contributed by atoms with Gasteiger partial charge in [-0.05, 0) is 25.8 Å². The van der Waals surface area contributed by atoms with E-state index in [0.29, 0.717) is 19.4 Å². The number of nitro groups is 1. The van der Waals surface area contributed by atoms with Gasteiger partial charge in [0.25, 0.3) is 11.6 Å². The Bertz CT molecular complexity index is 854. The quantitative estimate of drug-likeness (QED) is 0.583. The van der Waals surface area contributed by atoms with Crippen molar-refractivity contribution >= 4 is 27.5 Å². The van der Waals surface area contributed by atoms with E-state index in [1.54, 1.807) is 6.92 Å². The van der Waals surface area contributed by atoms with Crippen molar-refractivity contribution in [2.45, 2.75) is 30.7 Å². The van der Waals surface area contributed by atoms with Crippen LogP contribution in [-0.2, 0) is 14.6 Å². The van der Waals surface area contributed by atoms with E-state index in [-0.39, 0.29) is 29.7 Å². The molecule has 1 unspecified atom stereocenters. The zero-order valence-electron chi connectivity index (χ0n) is 15.0. The summed E-state index contributed by atoms with van der Waals surface area (Å²) in [6.45, 7) is 2.51. The summed E-state index contributed by atoms with van der Waals surface area (Å²) < 4.78 is 28.4. The fourth-order valence-corrected chi connectivity index (χ4v) is 3.50. The molecule has 1 fully saturated rings. The number of carbonyl (C=O) groups is 2. The van der Waals surface area contributed by atoms with Gasteiger partial charge in [0, 0.05) is 43.1 Å². The molecule has 1 heterocycles. The number of alkyl carbamates (subject to hydrolysis) is 1. The lowest BCUT2D eigenvalue weighted by molar-refractivity contribution is -0.385. The highest BCUT2D eigenvalue weighted by Gasteiger charge is 2.28. The first kappa shape index (κ1) is 20.6. The maximum Gasteiger partial charge on any atom is 0.407 e. The number of nitro benzene ring substituents is 1. The monoisotopic (exact) mass is 399 g/mol. The summed E-state index contributed by atoms with van der Waals surface area (Å²) in [4.78, 5) is 35.8. The number of likely N-dealkylation sites (tertiary alicyclic amines) is 1. The number of ether oxygens (including phenoxy) is 1. The first-order chi connectivity index (χ1) is 12.6. The Morgan fingerprint density at radius 3 is 2.67 bits per heavy atom. The molecule has 0 saturated carbocycles. The predicted molar refractivity (Wildman–Crippen MR) is 95.3 cm³/mol. The van der Waals surface area contributed by atoms with Crippen molar-refractivity contribution in [1.29, 1.82) is 0 Å². The van der Waals surface area contributed by atoms with Crippen LogP contribution in [0, 0.1) is 10.1 Å². The third-order valence-corrected chi connectivity index (χ3v) is 5.18. The number of hydrogen-bond donors (Lipinski definition) is 1. The van der Waals surface area contributed by atoms with Gasteiger partial charge in [0.05, 0.1) is 16.4 Å². The van der Waals surface area contributed by atoms with Gasteiger partial charge in [0.2, 0.25) is 0 Å². The Hall–Kier alpha value is -2.69. The Morgan fingerprint density at radius 1 is 1.37 bits per heavy atom. The summed E-state index contributed by atoms with van der Waals surface area (Å²) in [6.07, 6.45) is 1.62. The van der Waals surface area contributed by atoms with Crippen molar-refractivity contribution in [3.8, 4) is 0 Å². The van der Waals surface area contributed by atoms with Gasteiger partial charge in [-0.15, -0.1) is 0 Å². The number of sulfone groups is 1. The Labute approximate surface area is 156 Å². The lowest BCUT2D eigenvalue weighted by Crippen LogP contribution is -2.49. The summed E-state index contributed by atoms with van der Waals surface area (Å²) in [5.74, 6) is -0.529. The molecule has 11 heteroatoms. The van der Waals surface area contributed by atoms with Gasteiger partial charge in [-0.2, -0.15) is 0 Å².